The quantitative estimate of drug-likeness (QED) is 0.730. The molecule has 3 aromatic heterocycles. The van der Waals surface area contributed by atoms with Crippen molar-refractivity contribution in [2.24, 2.45) is 0 Å². The van der Waals surface area contributed by atoms with Gasteiger partial charge in [-0.25, -0.2) is 4.98 Å². The smallest absolute Gasteiger partial charge is 0.259 e. The van der Waals surface area contributed by atoms with E-state index in [4.69, 9.17) is 4.52 Å². The van der Waals surface area contributed by atoms with Gasteiger partial charge in [0, 0.05) is 12.6 Å². The Balaban J connectivity index is 1.78. The zero-order chi connectivity index (χ0) is 17.1. The molecule has 24 heavy (non-hydrogen) atoms. The number of aryl methyl sites for hydroxylation is 1. The molecule has 7 nitrogen and oxygen atoms in total. The highest BCUT2D eigenvalue weighted by Crippen LogP contribution is 2.24. The highest BCUT2D eigenvalue weighted by Gasteiger charge is 2.16. The molecular weight excluding hydrogens is 326 g/mol. The standard InChI is InChI=1S/C16H19N5O2S/c1-4-5-6-12-19-20-16(24-12)18-14(22)10-7-11-13(9(2)3)21-23-15(11)17-8-10/h7-9H,4-6H2,1-3H3,(H,18,20,22). The first-order chi connectivity index (χ1) is 11.6. The highest BCUT2D eigenvalue weighted by atomic mass is 32.1. The number of carbonyl (C=O) groups is 1. The van der Waals surface area contributed by atoms with Crippen molar-refractivity contribution >= 4 is 33.5 Å². The number of unbranched alkanes of at least 4 members (excludes halogenated alkanes) is 1. The minimum absolute atomic E-state index is 0.190. The van der Waals surface area contributed by atoms with Crippen LogP contribution < -0.4 is 5.32 Å². The first kappa shape index (κ1) is 16.5. The van der Waals surface area contributed by atoms with E-state index in [1.807, 2.05) is 13.8 Å². The van der Waals surface area contributed by atoms with Gasteiger partial charge in [0.05, 0.1) is 16.6 Å². The van der Waals surface area contributed by atoms with Gasteiger partial charge in [-0.2, -0.15) is 0 Å². The molecule has 0 aromatic carbocycles. The average molecular weight is 345 g/mol. The Labute approximate surface area is 143 Å². The molecule has 0 saturated heterocycles. The molecule has 0 unspecified atom stereocenters. The van der Waals surface area contributed by atoms with E-state index in [0.717, 1.165) is 35.4 Å². The van der Waals surface area contributed by atoms with Crippen LogP contribution in [-0.2, 0) is 6.42 Å². The molecule has 0 saturated carbocycles. The van der Waals surface area contributed by atoms with Crippen LogP contribution in [0.5, 0.6) is 0 Å². The molecule has 0 fully saturated rings. The van der Waals surface area contributed by atoms with Crippen molar-refractivity contribution < 1.29 is 9.32 Å². The van der Waals surface area contributed by atoms with Gasteiger partial charge in [-0.1, -0.05) is 43.7 Å². The molecule has 3 heterocycles. The summed E-state index contributed by atoms with van der Waals surface area (Å²) in [6.45, 7) is 6.16. The lowest BCUT2D eigenvalue weighted by molar-refractivity contribution is 0.102. The van der Waals surface area contributed by atoms with Crippen molar-refractivity contribution in [3.63, 3.8) is 0 Å². The normalized spacial score (nSPS) is 11.3. The third-order valence-electron chi connectivity index (χ3n) is 3.60. The van der Waals surface area contributed by atoms with E-state index in [1.165, 1.54) is 17.5 Å². The maximum absolute atomic E-state index is 12.4. The van der Waals surface area contributed by atoms with Crippen LogP contribution in [0.2, 0.25) is 0 Å². The molecule has 1 N–H and O–H groups in total. The molecule has 0 bridgehead atoms. The van der Waals surface area contributed by atoms with Crippen molar-refractivity contribution in [3.8, 4) is 0 Å². The summed E-state index contributed by atoms with van der Waals surface area (Å²) in [6.07, 6.45) is 4.53. The van der Waals surface area contributed by atoms with Gasteiger partial charge in [-0.3, -0.25) is 10.1 Å². The maximum atomic E-state index is 12.4. The van der Waals surface area contributed by atoms with Crippen LogP contribution in [0, 0.1) is 0 Å². The monoisotopic (exact) mass is 345 g/mol. The van der Waals surface area contributed by atoms with Crippen LogP contribution in [0.4, 0.5) is 5.13 Å². The Morgan fingerprint density at radius 2 is 2.21 bits per heavy atom. The van der Waals surface area contributed by atoms with Crippen LogP contribution in [0.3, 0.4) is 0 Å². The number of carbonyl (C=O) groups excluding carboxylic acids is 1. The summed E-state index contributed by atoms with van der Waals surface area (Å²) in [5, 5.41) is 17.1. The number of pyridine rings is 1. The van der Waals surface area contributed by atoms with E-state index in [-0.39, 0.29) is 11.8 Å². The number of nitrogens with one attached hydrogen (secondary N) is 1. The molecule has 0 radical (unpaired) electrons. The van der Waals surface area contributed by atoms with Crippen LogP contribution in [-0.4, -0.2) is 26.2 Å². The van der Waals surface area contributed by atoms with Crippen LogP contribution in [0.1, 0.15) is 60.6 Å². The fourth-order valence-corrected chi connectivity index (χ4v) is 3.07. The Morgan fingerprint density at radius 1 is 1.38 bits per heavy atom. The predicted octanol–water partition coefficient (Wildman–Crippen LogP) is 3.79. The summed E-state index contributed by atoms with van der Waals surface area (Å²) in [5.74, 6) is -0.0749. The van der Waals surface area contributed by atoms with Gasteiger partial charge in [-0.15, -0.1) is 10.2 Å². The topological polar surface area (TPSA) is 93.8 Å². The Bertz CT molecular complexity index is 855. The second kappa shape index (κ2) is 7.04. The van der Waals surface area contributed by atoms with Gasteiger partial charge in [0.1, 0.15) is 5.01 Å². The molecule has 3 aromatic rings. The number of amides is 1. The molecule has 0 aliphatic heterocycles. The first-order valence-electron chi connectivity index (χ1n) is 7.97. The Morgan fingerprint density at radius 3 is 2.96 bits per heavy atom. The second-order valence-electron chi connectivity index (χ2n) is 5.86. The lowest BCUT2D eigenvalue weighted by atomic mass is 10.1. The van der Waals surface area contributed by atoms with E-state index in [0.29, 0.717) is 16.4 Å². The summed E-state index contributed by atoms with van der Waals surface area (Å²) in [5.41, 5.74) is 1.68. The van der Waals surface area contributed by atoms with Gasteiger partial charge in [0.25, 0.3) is 11.6 Å². The number of fused-ring (bicyclic) bond motifs is 1. The number of rotatable bonds is 6. The summed E-state index contributed by atoms with van der Waals surface area (Å²) in [6, 6.07) is 1.75. The summed E-state index contributed by atoms with van der Waals surface area (Å²) >= 11 is 1.40. The molecule has 0 aliphatic carbocycles. The van der Waals surface area contributed by atoms with E-state index in [9.17, 15) is 4.79 Å². The average Bonchev–Trinajstić information content (AvgIpc) is 3.18. The lowest BCUT2D eigenvalue weighted by Crippen LogP contribution is -2.12. The largest absolute Gasteiger partial charge is 0.336 e. The second-order valence-corrected chi connectivity index (χ2v) is 6.92. The third kappa shape index (κ3) is 3.43. The number of hydrogen-bond donors (Lipinski definition) is 1. The lowest BCUT2D eigenvalue weighted by Gasteiger charge is -2.02. The summed E-state index contributed by atoms with van der Waals surface area (Å²) < 4.78 is 5.19. The SMILES string of the molecule is CCCCc1nnc(NC(=O)c2cnc3onc(C(C)C)c3c2)s1. The van der Waals surface area contributed by atoms with E-state index < -0.39 is 0 Å². The van der Waals surface area contributed by atoms with Gasteiger partial charge >= 0.3 is 0 Å². The maximum Gasteiger partial charge on any atom is 0.259 e. The van der Waals surface area contributed by atoms with Crippen molar-refractivity contribution in [1.82, 2.24) is 20.3 Å². The zero-order valence-electron chi connectivity index (χ0n) is 13.9. The van der Waals surface area contributed by atoms with Crippen LogP contribution >= 0.6 is 11.3 Å². The fraction of sp³-hybridized carbons (Fsp3) is 0.438. The van der Waals surface area contributed by atoms with Crippen LogP contribution in [0.15, 0.2) is 16.8 Å². The number of anilines is 1. The van der Waals surface area contributed by atoms with Gasteiger partial charge < -0.3 is 4.52 Å². The molecule has 126 valence electrons. The molecule has 1 amide bonds. The zero-order valence-corrected chi connectivity index (χ0v) is 14.7. The van der Waals surface area contributed by atoms with Gasteiger partial charge in [-0.05, 0) is 18.4 Å². The Hall–Kier alpha value is -2.35. The number of nitrogens with zero attached hydrogens (tertiary/aromatic N) is 4. The minimum Gasteiger partial charge on any atom is -0.336 e. The predicted molar refractivity (Wildman–Crippen MR) is 92.4 cm³/mol. The van der Waals surface area contributed by atoms with E-state index in [1.54, 1.807) is 6.07 Å². The van der Waals surface area contributed by atoms with Crippen LogP contribution in [0.25, 0.3) is 11.1 Å². The minimum atomic E-state index is -0.265. The van der Waals surface area contributed by atoms with Crippen molar-refractivity contribution in [1.29, 1.82) is 0 Å². The first-order valence-corrected chi connectivity index (χ1v) is 8.79. The third-order valence-corrected chi connectivity index (χ3v) is 4.50. The number of aromatic nitrogens is 4. The molecule has 0 aliphatic rings. The molecule has 0 atom stereocenters. The van der Waals surface area contributed by atoms with Crippen molar-refractivity contribution in [2.45, 2.75) is 46.0 Å². The fourth-order valence-electron chi connectivity index (χ4n) is 2.29. The van der Waals surface area contributed by atoms with Crippen molar-refractivity contribution in [3.05, 3.63) is 28.5 Å². The molecule has 8 heteroatoms. The number of hydrogen-bond acceptors (Lipinski definition) is 7. The molecule has 0 spiro atoms. The van der Waals surface area contributed by atoms with Gasteiger partial charge in [0.15, 0.2) is 0 Å². The summed E-state index contributed by atoms with van der Waals surface area (Å²) in [7, 11) is 0. The van der Waals surface area contributed by atoms with Gasteiger partial charge in [0.2, 0.25) is 5.13 Å². The van der Waals surface area contributed by atoms with Crippen molar-refractivity contribution in [2.75, 3.05) is 5.32 Å². The molecule has 3 rings (SSSR count). The van der Waals surface area contributed by atoms with E-state index in [2.05, 4.69) is 32.6 Å². The highest BCUT2D eigenvalue weighted by molar-refractivity contribution is 7.15. The Kier molecular flexibility index (Phi) is 4.84. The summed E-state index contributed by atoms with van der Waals surface area (Å²) in [4.78, 5) is 16.6. The van der Waals surface area contributed by atoms with E-state index >= 15 is 0 Å². The molecular formula is C16H19N5O2S.